The molecule has 1 amide bonds. The number of nitro benzene ring substituents is 1. The van der Waals surface area contributed by atoms with E-state index in [1.54, 1.807) is 12.1 Å². The monoisotopic (exact) mass is 480 g/mol. The lowest BCUT2D eigenvalue weighted by Gasteiger charge is -2.25. The van der Waals surface area contributed by atoms with Gasteiger partial charge in [0.2, 0.25) is 0 Å². The van der Waals surface area contributed by atoms with E-state index in [1.165, 1.54) is 30.3 Å². The van der Waals surface area contributed by atoms with Crippen LogP contribution < -0.4 is 4.90 Å². The number of anilines is 1. The molecular formula is C25H18ClFN2O5. The van der Waals surface area contributed by atoms with Crippen LogP contribution in [-0.2, 0) is 16.0 Å². The van der Waals surface area contributed by atoms with Crippen LogP contribution in [0.3, 0.4) is 0 Å². The van der Waals surface area contributed by atoms with Crippen molar-refractivity contribution in [3.63, 3.8) is 0 Å². The number of aliphatic hydroxyl groups is 1. The van der Waals surface area contributed by atoms with Gasteiger partial charge in [0.05, 0.1) is 21.6 Å². The molecule has 1 heterocycles. The molecule has 1 aliphatic heterocycles. The third-order valence-electron chi connectivity index (χ3n) is 5.66. The van der Waals surface area contributed by atoms with E-state index >= 15 is 0 Å². The first-order valence-electron chi connectivity index (χ1n) is 10.3. The summed E-state index contributed by atoms with van der Waals surface area (Å²) in [7, 11) is 0. The van der Waals surface area contributed by atoms with E-state index in [4.69, 9.17) is 11.6 Å². The molecule has 1 saturated heterocycles. The Bertz CT molecular complexity index is 1350. The minimum Gasteiger partial charge on any atom is -0.507 e. The van der Waals surface area contributed by atoms with Gasteiger partial charge in [0, 0.05) is 23.4 Å². The molecule has 34 heavy (non-hydrogen) atoms. The van der Waals surface area contributed by atoms with E-state index < -0.39 is 34.2 Å². The minimum absolute atomic E-state index is 0.0134. The van der Waals surface area contributed by atoms with Crippen LogP contribution in [0, 0.1) is 15.9 Å². The lowest BCUT2D eigenvalue weighted by Crippen LogP contribution is -2.29. The Morgan fingerprint density at radius 1 is 1.12 bits per heavy atom. The maximum absolute atomic E-state index is 13.8. The number of rotatable bonds is 5. The first kappa shape index (κ1) is 23.1. The number of carbonyl (C=O) groups is 2. The van der Waals surface area contributed by atoms with Gasteiger partial charge in [-0.1, -0.05) is 54.9 Å². The van der Waals surface area contributed by atoms with Crippen LogP contribution in [-0.4, -0.2) is 21.7 Å². The fourth-order valence-electron chi connectivity index (χ4n) is 3.91. The van der Waals surface area contributed by atoms with Crippen molar-refractivity contribution in [3.8, 4) is 0 Å². The fraction of sp³-hybridized carbons (Fsp3) is 0.120. The van der Waals surface area contributed by atoms with Crippen molar-refractivity contribution in [1.29, 1.82) is 0 Å². The molecule has 0 saturated carbocycles. The van der Waals surface area contributed by atoms with Crippen molar-refractivity contribution in [1.82, 2.24) is 0 Å². The number of ketones is 1. The van der Waals surface area contributed by atoms with Crippen molar-refractivity contribution in [3.05, 3.63) is 110 Å². The van der Waals surface area contributed by atoms with Crippen LogP contribution in [0.2, 0.25) is 5.02 Å². The number of aryl methyl sites for hydroxylation is 1. The summed E-state index contributed by atoms with van der Waals surface area (Å²) in [6.45, 7) is 1.98. The predicted molar refractivity (Wildman–Crippen MR) is 125 cm³/mol. The second-order valence-corrected chi connectivity index (χ2v) is 8.08. The van der Waals surface area contributed by atoms with Crippen molar-refractivity contribution >= 4 is 40.4 Å². The van der Waals surface area contributed by atoms with Gasteiger partial charge in [-0.05, 0) is 35.7 Å². The van der Waals surface area contributed by atoms with Gasteiger partial charge in [0.15, 0.2) is 0 Å². The van der Waals surface area contributed by atoms with E-state index in [-0.39, 0.29) is 27.5 Å². The molecule has 9 heteroatoms. The zero-order valence-electron chi connectivity index (χ0n) is 17.9. The van der Waals surface area contributed by atoms with Crippen molar-refractivity contribution < 1.29 is 24.0 Å². The normalized spacial score (nSPS) is 17.3. The highest BCUT2D eigenvalue weighted by Gasteiger charge is 2.47. The molecule has 4 rings (SSSR count). The second kappa shape index (κ2) is 9.07. The average molecular weight is 481 g/mol. The van der Waals surface area contributed by atoms with Crippen LogP contribution in [0.5, 0.6) is 0 Å². The Kier molecular flexibility index (Phi) is 6.17. The number of hydrogen-bond donors (Lipinski definition) is 1. The van der Waals surface area contributed by atoms with Gasteiger partial charge in [0.25, 0.3) is 17.4 Å². The maximum Gasteiger partial charge on any atom is 0.300 e. The third-order valence-corrected chi connectivity index (χ3v) is 5.95. The summed E-state index contributed by atoms with van der Waals surface area (Å²) >= 11 is 5.93. The lowest BCUT2D eigenvalue weighted by atomic mass is 9.94. The molecule has 0 spiro atoms. The highest BCUT2D eigenvalue weighted by molar-refractivity contribution is 6.51. The van der Waals surface area contributed by atoms with E-state index in [1.807, 2.05) is 19.1 Å². The second-order valence-electron chi connectivity index (χ2n) is 7.67. The number of hydrogen-bond acceptors (Lipinski definition) is 5. The molecule has 1 aliphatic rings. The quantitative estimate of drug-likeness (QED) is 0.169. The summed E-state index contributed by atoms with van der Waals surface area (Å²) < 4.78 is 13.8. The first-order chi connectivity index (χ1) is 16.2. The summed E-state index contributed by atoms with van der Waals surface area (Å²) in [5, 5.41) is 22.0. The van der Waals surface area contributed by atoms with Gasteiger partial charge in [0.1, 0.15) is 11.6 Å². The zero-order valence-corrected chi connectivity index (χ0v) is 18.6. The Hall–Kier alpha value is -4.04. The van der Waals surface area contributed by atoms with Gasteiger partial charge >= 0.3 is 0 Å². The number of halogens is 2. The lowest BCUT2D eigenvalue weighted by molar-refractivity contribution is -0.384. The molecule has 0 bridgehead atoms. The molecule has 3 aromatic carbocycles. The van der Waals surface area contributed by atoms with Crippen LogP contribution in [0.1, 0.15) is 29.7 Å². The number of aliphatic hydroxyl groups excluding tert-OH is 1. The van der Waals surface area contributed by atoms with Gasteiger partial charge in [-0.2, -0.15) is 0 Å². The van der Waals surface area contributed by atoms with Crippen LogP contribution in [0.4, 0.5) is 15.8 Å². The zero-order chi connectivity index (χ0) is 24.6. The first-order valence-corrected chi connectivity index (χ1v) is 10.7. The summed E-state index contributed by atoms with van der Waals surface area (Å²) in [6.07, 6.45) is 0.766. The molecule has 1 fully saturated rings. The number of carbonyl (C=O) groups excluding carboxylic acids is 2. The van der Waals surface area contributed by atoms with E-state index in [0.717, 1.165) is 29.0 Å². The summed E-state index contributed by atoms with van der Waals surface area (Å²) in [5.74, 6) is -3.17. The summed E-state index contributed by atoms with van der Waals surface area (Å²) in [4.78, 5) is 37.9. The van der Waals surface area contributed by atoms with E-state index in [0.29, 0.717) is 5.56 Å². The summed E-state index contributed by atoms with van der Waals surface area (Å²) in [6, 6.07) is 14.8. The topological polar surface area (TPSA) is 101 Å². The maximum atomic E-state index is 13.8. The van der Waals surface area contributed by atoms with Crippen LogP contribution >= 0.6 is 11.6 Å². The van der Waals surface area contributed by atoms with Crippen LogP contribution in [0.15, 0.2) is 72.3 Å². The van der Waals surface area contributed by atoms with Crippen molar-refractivity contribution in [2.75, 3.05) is 4.90 Å². The number of non-ortho nitro benzene ring substituents is 1. The average Bonchev–Trinajstić information content (AvgIpc) is 3.11. The highest BCUT2D eigenvalue weighted by Crippen LogP contribution is 2.43. The molecule has 7 nitrogen and oxygen atoms in total. The molecule has 0 aromatic heterocycles. The molecule has 0 aliphatic carbocycles. The minimum atomic E-state index is -1.06. The number of nitro groups is 1. The molecule has 1 atom stereocenters. The predicted octanol–water partition coefficient (Wildman–Crippen LogP) is 5.58. The van der Waals surface area contributed by atoms with Gasteiger partial charge in [-0.3, -0.25) is 24.6 Å². The third kappa shape index (κ3) is 4.04. The Morgan fingerprint density at radius 3 is 2.44 bits per heavy atom. The van der Waals surface area contributed by atoms with Gasteiger partial charge < -0.3 is 5.11 Å². The van der Waals surface area contributed by atoms with Crippen molar-refractivity contribution in [2.45, 2.75) is 19.4 Å². The SMILES string of the molecule is CCc1ccc(C2/C(=C(\O)c3cccc([N+](=O)[O-])c3)C(=O)C(=O)N2c2ccc(F)c(Cl)c2)cc1. The molecular weight excluding hydrogens is 463 g/mol. The Balaban J connectivity index is 1.95. The van der Waals surface area contributed by atoms with E-state index in [9.17, 15) is 29.2 Å². The fourth-order valence-corrected chi connectivity index (χ4v) is 4.08. The smallest absolute Gasteiger partial charge is 0.300 e. The van der Waals surface area contributed by atoms with E-state index in [2.05, 4.69) is 0 Å². The Labute approximate surface area is 198 Å². The molecule has 172 valence electrons. The van der Waals surface area contributed by atoms with Gasteiger partial charge in [-0.25, -0.2) is 4.39 Å². The Morgan fingerprint density at radius 2 is 1.82 bits per heavy atom. The summed E-state index contributed by atoms with van der Waals surface area (Å²) in [5.41, 5.74) is 1.19. The molecule has 1 N–H and O–H groups in total. The van der Waals surface area contributed by atoms with Crippen LogP contribution in [0.25, 0.3) is 5.76 Å². The van der Waals surface area contributed by atoms with Gasteiger partial charge in [-0.15, -0.1) is 0 Å². The number of benzene rings is 3. The van der Waals surface area contributed by atoms with Crippen molar-refractivity contribution in [2.24, 2.45) is 0 Å². The molecule has 1 unspecified atom stereocenters. The standard InChI is InChI=1S/C25H18ClFN2O5/c1-2-14-6-8-15(9-7-14)22-21(23(30)16-4-3-5-18(12-16)29(33)34)24(31)25(32)28(22)17-10-11-20(27)19(26)13-17/h3-13,22,30H,2H2,1H3/b23-21+. The number of nitrogens with zero attached hydrogens (tertiary/aromatic N) is 2. The number of Topliss-reactive ketones (excluding diaryl/α,β-unsaturated/α-hetero) is 1. The number of amides is 1. The molecule has 3 aromatic rings. The highest BCUT2D eigenvalue weighted by atomic mass is 35.5. The molecule has 0 radical (unpaired) electrons. The largest absolute Gasteiger partial charge is 0.507 e.